The molecule has 4 nitrogen and oxygen atoms in total. The van der Waals surface area contributed by atoms with Gasteiger partial charge < -0.3 is 15.0 Å². The Labute approximate surface area is 129 Å². The number of amides is 1. The molecule has 0 radical (unpaired) electrons. The van der Waals surface area contributed by atoms with E-state index in [0.717, 1.165) is 22.3 Å². The molecule has 1 amide bonds. The van der Waals surface area contributed by atoms with Crippen molar-refractivity contribution in [2.24, 2.45) is 0 Å². The van der Waals surface area contributed by atoms with Gasteiger partial charge in [0.15, 0.2) is 0 Å². The lowest BCUT2D eigenvalue weighted by atomic mass is 10.0. The lowest BCUT2D eigenvalue weighted by molar-refractivity contribution is -0.136. The highest BCUT2D eigenvalue weighted by Crippen LogP contribution is 2.24. The van der Waals surface area contributed by atoms with Crippen LogP contribution in [0.4, 0.5) is 0 Å². The number of ether oxygens (including phenoxy) is 1. The van der Waals surface area contributed by atoms with Gasteiger partial charge in [-0.05, 0) is 38.6 Å². The Bertz CT molecular complexity index is 475. The molecule has 0 aliphatic rings. The second kappa shape index (κ2) is 7.09. The van der Waals surface area contributed by atoms with E-state index < -0.39 is 5.54 Å². The van der Waals surface area contributed by atoms with Gasteiger partial charge >= 0.3 is 0 Å². The molecule has 0 aliphatic carbocycles. The van der Waals surface area contributed by atoms with Crippen molar-refractivity contribution < 1.29 is 9.53 Å². The van der Waals surface area contributed by atoms with Gasteiger partial charge in [0.25, 0.3) is 0 Å². The average Bonchev–Trinajstić information content (AvgIpc) is 2.38. The summed E-state index contributed by atoms with van der Waals surface area (Å²) in [6.07, 6.45) is 0. The van der Waals surface area contributed by atoms with E-state index in [1.165, 1.54) is 0 Å². The third-order valence-electron chi connectivity index (χ3n) is 3.15. The molecule has 112 valence electrons. The van der Waals surface area contributed by atoms with Crippen molar-refractivity contribution >= 4 is 21.8 Å². The van der Waals surface area contributed by atoms with Crippen molar-refractivity contribution in [1.29, 1.82) is 0 Å². The highest BCUT2D eigenvalue weighted by Gasteiger charge is 2.29. The smallest absolute Gasteiger partial charge is 0.242 e. The first-order valence-electron chi connectivity index (χ1n) is 6.64. The molecule has 0 fully saturated rings. The van der Waals surface area contributed by atoms with Gasteiger partial charge in [0, 0.05) is 23.6 Å². The zero-order chi connectivity index (χ0) is 15.3. The van der Waals surface area contributed by atoms with Gasteiger partial charge in [0.05, 0.1) is 12.6 Å². The Balaban J connectivity index is 2.88. The number of benzene rings is 1. The first-order valence-corrected chi connectivity index (χ1v) is 7.44. The molecule has 5 heteroatoms. The molecule has 0 heterocycles. The van der Waals surface area contributed by atoms with Crippen LogP contribution in [-0.4, -0.2) is 37.0 Å². The predicted octanol–water partition coefficient (Wildman–Crippen LogP) is 2.80. The molecule has 0 saturated carbocycles. The van der Waals surface area contributed by atoms with Gasteiger partial charge in [0.1, 0.15) is 5.75 Å². The molecule has 0 spiro atoms. The van der Waals surface area contributed by atoms with E-state index in [4.69, 9.17) is 4.74 Å². The van der Waals surface area contributed by atoms with Crippen LogP contribution < -0.4 is 10.1 Å². The number of nitrogens with one attached hydrogen (secondary N) is 1. The summed E-state index contributed by atoms with van der Waals surface area (Å²) >= 11 is 3.45. The molecule has 1 aromatic carbocycles. The van der Waals surface area contributed by atoms with Crippen molar-refractivity contribution in [3.8, 4) is 5.75 Å². The Morgan fingerprint density at radius 3 is 2.65 bits per heavy atom. The molecular formula is C15H23BrN2O2. The van der Waals surface area contributed by atoms with Crippen LogP contribution in [0, 0.1) is 0 Å². The summed E-state index contributed by atoms with van der Waals surface area (Å²) in [7, 11) is 3.44. The molecule has 0 aliphatic heterocycles. The highest BCUT2D eigenvalue weighted by molar-refractivity contribution is 9.10. The normalized spacial score (nSPS) is 11.3. The fraction of sp³-hybridized carbons (Fsp3) is 0.533. The fourth-order valence-electron chi connectivity index (χ4n) is 2.19. The second-order valence-electron chi connectivity index (χ2n) is 5.27. The lowest BCUT2D eigenvalue weighted by Crippen LogP contribution is -2.52. The largest absolute Gasteiger partial charge is 0.496 e. The van der Waals surface area contributed by atoms with Crippen LogP contribution in [0.1, 0.15) is 26.3 Å². The van der Waals surface area contributed by atoms with Crippen LogP contribution >= 0.6 is 15.9 Å². The van der Waals surface area contributed by atoms with Gasteiger partial charge in [-0.3, -0.25) is 4.79 Å². The fourth-order valence-corrected chi connectivity index (χ4v) is 2.60. The number of methoxy groups -OCH3 is 1. The summed E-state index contributed by atoms with van der Waals surface area (Å²) in [5, 5.41) is 3.20. The zero-order valence-corrected chi connectivity index (χ0v) is 14.4. The van der Waals surface area contributed by atoms with Crippen molar-refractivity contribution in [2.75, 3.05) is 20.7 Å². The van der Waals surface area contributed by atoms with Crippen molar-refractivity contribution in [2.45, 2.75) is 32.9 Å². The summed E-state index contributed by atoms with van der Waals surface area (Å²) in [6.45, 7) is 7.05. The van der Waals surface area contributed by atoms with Gasteiger partial charge in [-0.1, -0.05) is 22.9 Å². The first-order chi connectivity index (χ1) is 9.31. The average molecular weight is 343 g/mol. The third-order valence-corrected chi connectivity index (χ3v) is 3.64. The molecule has 0 saturated heterocycles. The number of hydrogen-bond donors (Lipinski definition) is 1. The van der Waals surface area contributed by atoms with Gasteiger partial charge in [-0.25, -0.2) is 0 Å². The molecule has 0 unspecified atom stereocenters. The topological polar surface area (TPSA) is 41.6 Å². The van der Waals surface area contributed by atoms with Crippen LogP contribution in [0.15, 0.2) is 22.7 Å². The Morgan fingerprint density at radius 2 is 2.10 bits per heavy atom. The highest BCUT2D eigenvalue weighted by atomic mass is 79.9. The van der Waals surface area contributed by atoms with Crippen LogP contribution in [0.5, 0.6) is 5.75 Å². The number of nitrogens with zero attached hydrogens (tertiary/aromatic N) is 1. The van der Waals surface area contributed by atoms with Gasteiger partial charge in [-0.2, -0.15) is 0 Å². The number of likely N-dealkylation sites (N-methyl/N-ethyl adjacent to an activating group) is 2. The molecule has 1 N–H and O–H groups in total. The van der Waals surface area contributed by atoms with E-state index in [2.05, 4.69) is 21.2 Å². The summed E-state index contributed by atoms with van der Waals surface area (Å²) in [4.78, 5) is 14.2. The maximum Gasteiger partial charge on any atom is 0.242 e. The molecule has 0 atom stereocenters. The van der Waals surface area contributed by atoms with E-state index >= 15 is 0 Å². The summed E-state index contributed by atoms with van der Waals surface area (Å²) < 4.78 is 6.31. The Morgan fingerprint density at radius 1 is 1.45 bits per heavy atom. The van der Waals surface area contributed by atoms with Crippen molar-refractivity contribution in [1.82, 2.24) is 10.2 Å². The summed E-state index contributed by atoms with van der Waals surface area (Å²) in [5.41, 5.74) is 0.410. The van der Waals surface area contributed by atoms with E-state index in [1.807, 2.05) is 46.0 Å². The van der Waals surface area contributed by atoms with E-state index in [0.29, 0.717) is 6.54 Å². The maximum atomic E-state index is 12.5. The number of carbonyl (C=O) groups excluding carboxylic acids is 1. The van der Waals surface area contributed by atoms with Crippen molar-refractivity contribution in [3.63, 3.8) is 0 Å². The summed E-state index contributed by atoms with van der Waals surface area (Å²) in [5.74, 6) is 0.843. The molecular weight excluding hydrogens is 320 g/mol. The quantitative estimate of drug-likeness (QED) is 0.864. The SMILES string of the molecule is CCNC(C)(C)C(=O)N(C)Cc1cc(Br)ccc1OC. The molecule has 1 rings (SSSR count). The van der Waals surface area contributed by atoms with Crippen LogP contribution in [0.3, 0.4) is 0 Å². The van der Waals surface area contributed by atoms with Crippen molar-refractivity contribution in [3.05, 3.63) is 28.2 Å². The minimum absolute atomic E-state index is 0.0568. The van der Waals surface area contributed by atoms with E-state index in [-0.39, 0.29) is 5.91 Å². The first kappa shape index (κ1) is 17.0. The number of rotatable bonds is 6. The van der Waals surface area contributed by atoms with Crippen LogP contribution in [-0.2, 0) is 11.3 Å². The molecule has 20 heavy (non-hydrogen) atoms. The predicted molar refractivity (Wildman–Crippen MR) is 84.9 cm³/mol. The van der Waals surface area contributed by atoms with Gasteiger partial charge in [-0.15, -0.1) is 0 Å². The minimum Gasteiger partial charge on any atom is -0.496 e. The van der Waals surface area contributed by atoms with Crippen LogP contribution in [0.25, 0.3) is 0 Å². The Hall–Kier alpha value is -1.07. The van der Waals surface area contributed by atoms with E-state index in [1.54, 1.807) is 12.0 Å². The number of carbonyl (C=O) groups is 1. The lowest BCUT2D eigenvalue weighted by Gasteiger charge is -2.30. The standard InChI is InChI=1S/C15H23BrN2O2/c1-6-17-15(2,3)14(19)18(4)10-11-9-12(16)7-8-13(11)20-5/h7-9,17H,6,10H2,1-5H3. The molecule has 0 bridgehead atoms. The zero-order valence-electron chi connectivity index (χ0n) is 12.8. The number of hydrogen-bond acceptors (Lipinski definition) is 3. The third kappa shape index (κ3) is 4.21. The number of halogens is 1. The maximum absolute atomic E-state index is 12.5. The van der Waals surface area contributed by atoms with Gasteiger partial charge in [0.2, 0.25) is 5.91 Å². The monoisotopic (exact) mass is 342 g/mol. The summed E-state index contributed by atoms with van der Waals surface area (Å²) in [6, 6.07) is 5.79. The van der Waals surface area contributed by atoms with Crippen LogP contribution in [0.2, 0.25) is 0 Å². The minimum atomic E-state index is -0.567. The Kier molecular flexibility index (Phi) is 6.02. The molecule has 0 aromatic heterocycles. The van der Waals surface area contributed by atoms with E-state index in [9.17, 15) is 4.79 Å². The molecule has 1 aromatic rings. The second-order valence-corrected chi connectivity index (χ2v) is 6.19.